The lowest BCUT2D eigenvalue weighted by molar-refractivity contribution is 0.309. The Labute approximate surface area is 60.2 Å². The van der Waals surface area contributed by atoms with Gasteiger partial charge in [-0.05, 0) is 18.1 Å². The highest BCUT2D eigenvalue weighted by Gasteiger charge is 2.00. The summed E-state index contributed by atoms with van der Waals surface area (Å²) in [4.78, 5) is 0. The van der Waals surface area contributed by atoms with Crippen LogP contribution in [0.25, 0.3) is 0 Å². The summed E-state index contributed by atoms with van der Waals surface area (Å²) in [6, 6.07) is 0. The molecule has 1 atom stereocenters. The van der Waals surface area contributed by atoms with E-state index in [0.717, 1.165) is 5.57 Å². The van der Waals surface area contributed by atoms with Crippen LogP contribution in [0.5, 0.6) is 0 Å². The molecule has 0 aromatic carbocycles. The van der Waals surface area contributed by atoms with Crippen molar-refractivity contribution in [2.24, 2.45) is 0 Å². The Hall–Kier alpha value is -0.660. The first-order valence-corrected chi connectivity index (χ1v) is 3.27. The van der Waals surface area contributed by atoms with Gasteiger partial charge in [0.25, 0.3) is 0 Å². The predicted molar refractivity (Wildman–Crippen MR) is 39.4 cm³/mol. The fourth-order valence-corrected chi connectivity index (χ4v) is 0.607. The summed E-state index contributed by atoms with van der Waals surface area (Å²) in [5, 5.41) is 0. The van der Waals surface area contributed by atoms with Gasteiger partial charge in [-0.3, -0.25) is 0 Å². The zero-order valence-corrected chi connectivity index (χ0v) is 6.11. The van der Waals surface area contributed by atoms with E-state index >= 15 is 0 Å². The third-order valence-corrected chi connectivity index (χ3v) is 1.21. The molecule has 0 rings (SSSR count). The van der Waals surface area contributed by atoms with Crippen LogP contribution in [0.2, 0.25) is 0 Å². The van der Waals surface area contributed by atoms with Crippen molar-refractivity contribution >= 4 is 0 Å². The van der Waals surface area contributed by atoms with Gasteiger partial charge in [0, 0.05) is 0 Å². The van der Waals surface area contributed by atoms with E-state index < -0.39 is 12.8 Å². The Kier molecular flexibility index (Phi) is 4.81. The Morgan fingerprint density at radius 2 is 2.30 bits per heavy atom. The van der Waals surface area contributed by atoms with Crippen LogP contribution in [0.3, 0.4) is 0 Å². The number of halogens is 2. The van der Waals surface area contributed by atoms with E-state index in [4.69, 9.17) is 0 Å². The van der Waals surface area contributed by atoms with E-state index in [9.17, 15) is 8.78 Å². The highest BCUT2D eigenvalue weighted by Crippen LogP contribution is 2.05. The van der Waals surface area contributed by atoms with E-state index in [-0.39, 0.29) is 0 Å². The van der Waals surface area contributed by atoms with E-state index in [1.54, 1.807) is 6.08 Å². The van der Waals surface area contributed by atoms with Gasteiger partial charge in [0.05, 0.1) is 0 Å². The van der Waals surface area contributed by atoms with Crippen molar-refractivity contribution in [2.45, 2.75) is 19.5 Å². The summed E-state index contributed by atoms with van der Waals surface area (Å²) < 4.78 is 23.8. The van der Waals surface area contributed by atoms with Gasteiger partial charge in [-0.25, -0.2) is 8.78 Å². The third-order valence-electron chi connectivity index (χ3n) is 1.21. The second kappa shape index (κ2) is 5.15. The van der Waals surface area contributed by atoms with E-state index in [1.807, 2.05) is 6.92 Å². The molecule has 0 bridgehead atoms. The molecule has 10 heavy (non-hydrogen) atoms. The molecule has 0 amide bonds. The molecule has 0 heterocycles. The van der Waals surface area contributed by atoms with Crippen LogP contribution in [-0.4, -0.2) is 12.8 Å². The summed E-state index contributed by atoms with van der Waals surface area (Å²) in [6.07, 6.45) is 2.03. The molecule has 0 aliphatic carbocycles. The lowest BCUT2D eigenvalue weighted by atomic mass is 10.1. The monoisotopic (exact) mass is 146 g/mol. The molecule has 0 fully saturated rings. The van der Waals surface area contributed by atoms with Gasteiger partial charge in [0.2, 0.25) is 0 Å². The van der Waals surface area contributed by atoms with Crippen molar-refractivity contribution in [3.8, 4) is 0 Å². The molecular weight excluding hydrogens is 134 g/mol. The lowest BCUT2D eigenvalue weighted by Crippen LogP contribution is -1.97. The maximum Gasteiger partial charge on any atom is 0.147 e. The first-order chi connectivity index (χ1) is 4.74. The van der Waals surface area contributed by atoms with Crippen molar-refractivity contribution in [1.82, 2.24) is 0 Å². The van der Waals surface area contributed by atoms with Crippen LogP contribution in [0.15, 0.2) is 24.3 Å². The van der Waals surface area contributed by atoms with Crippen LogP contribution in [0.1, 0.15) is 13.3 Å². The number of alkyl halides is 2. The Bertz CT molecular complexity index is 127. The summed E-state index contributed by atoms with van der Waals surface area (Å²) in [5.74, 6) is 0. The van der Waals surface area contributed by atoms with Gasteiger partial charge in [-0.1, -0.05) is 19.6 Å². The molecule has 0 nitrogen and oxygen atoms in total. The number of allylic oxidation sites excluding steroid dienone is 3. The quantitative estimate of drug-likeness (QED) is 0.535. The normalized spacial score (nSPS) is 14.9. The van der Waals surface area contributed by atoms with Crippen molar-refractivity contribution in [1.29, 1.82) is 0 Å². The van der Waals surface area contributed by atoms with Crippen molar-refractivity contribution in [3.05, 3.63) is 24.3 Å². The molecule has 1 unspecified atom stereocenters. The number of hydrogen-bond donors (Lipinski definition) is 0. The highest BCUT2D eigenvalue weighted by molar-refractivity contribution is 5.17. The van der Waals surface area contributed by atoms with Gasteiger partial charge in [-0.15, -0.1) is 0 Å². The maximum atomic E-state index is 12.3. The largest absolute Gasteiger partial charge is 0.248 e. The first-order valence-electron chi connectivity index (χ1n) is 3.27. The maximum absolute atomic E-state index is 12.3. The van der Waals surface area contributed by atoms with Gasteiger partial charge in [-0.2, -0.15) is 0 Å². The molecule has 0 aromatic rings. The Balaban J connectivity index is 3.95. The van der Waals surface area contributed by atoms with Gasteiger partial charge in [0.15, 0.2) is 0 Å². The van der Waals surface area contributed by atoms with Crippen LogP contribution in [0.4, 0.5) is 8.78 Å². The molecule has 0 saturated carbocycles. The van der Waals surface area contributed by atoms with Crippen molar-refractivity contribution in [2.75, 3.05) is 6.67 Å². The smallest absolute Gasteiger partial charge is 0.147 e. The molecular formula is C8H12F2. The topological polar surface area (TPSA) is 0 Å². The second-order valence-corrected chi connectivity index (χ2v) is 1.97. The van der Waals surface area contributed by atoms with E-state index in [0.29, 0.717) is 6.42 Å². The molecule has 58 valence electrons. The van der Waals surface area contributed by atoms with Gasteiger partial charge >= 0.3 is 0 Å². The third kappa shape index (κ3) is 3.38. The summed E-state index contributed by atoms with van der Waals surface area (Å²) in [7, 11) is 0. The molecule has 0 aliphatic heterocycles. The average molecular weight is 146 g/mol. The van der Waals surface area contributed by atoms with Crippen LogP contribution >= 0.6 is 0 Å². The highest BCUT2D eigenvalue weighted by atomic mass is 19.2. The number of hydrogen-bond acceptors (Lipinski definition) is 0. The summed E-state index contributed by atoms with van der Waals surface area (Å²) in [6.45, 7) is 4.39. The molecule has 2 heteroatoms. The standard InChI is InChI=1S/C8H12F2/c1-3-7(4-2)5-8(10)6-9/h3,5,8H,1,4,6H2,2H3/b7-5+. The molecule has 0 N–H and O–H groups in total. The average Bonchev–Trinajstić information content (AvgIpc) is 1.99. The fraction of sp³-hybridized carbons (Fsp3) is 0.500. The molecule has 0 aromatic heterocycles. The predicted octanol–water partition coefficient (Wildman–Crippen LogP) is 2.82. The van der Waals surface area contributed by atoms with E-state index in [2.05, 4.69) is 6.58 Å². The van der Waals surface area contributed by atoms with Crippen LogP contribution in [-0.2, 0) is 0 Å². The molecule has 0 saturated heterocycles. The minimum Gasteiger partial charge on any atom is -0.248 e. The van der Waals surface area contributed by atoms with Crippen LogP contribution < -0.4 is 0 Å². The molecule has 0 aliphatic rings. The van der Waals surface area contributed by atoms with E-state index in [1.165, 1.54) is 6.08 Å². The van der Waals surface area contributed by atoms with Crippen molar-refractivity contribution < 1.29 is 8.78 Å². The molecule has 0 radical (unpaired) electrons. The first kappa shape index (κ1) is 9.34. The zero-order chi connectivity index (χ0) is 7.98. The van der Waals surface area contributed by atoms with Crippen LogP contribution in [0, 0.1) is 0 Å². The zero-order valence-electron chi connectivity index (χ0n) is 6.11. The summed E-state index contributed by atoms with van der Waals surface area (Å²) >= 11 is 0. The van der Waals surface area contributed by atoms with Gasteiger partial charge in [0.1, 0.15) is 12.8 Å². The lowest BCUT2D eigenvalue weighted by Gasteiger charge is -1.98. The fourth-order valence-electron chi connectivity index (χ4n) is 0.607. The minimum absolute atomic E-state index is 0.698. The SMILES string of the molecule is C=C/C(=C\C(F)CF)CC. The summed E-state index contributed by atoms with van der Waals surface area (Å²) in [5.41, 5.74) is 0.755. The van der Waals surface area contributed by atoms with Crippen molar-refractivity contribution in [3.63, 3.8) is 0 Å². The molecule has 0 spiro atoms. The van der Waals surface area contributed by atoms with Gasteiger partial charge < -0.3 is 0 Å². The Morgan fingerprint density at radius 1 is 1.70 bits per heavy atom. The second-order valence-electron chi connectivity index (χ2n) is 1.97. The number of rotatable bonds is 4. The Morgan fingerprint density at radius 3 is 2.60 bits per heavy atom. The minimum atomic E-state index is -1.46.